The van der Waals surface area contributed by atoms with E-state index in [-0.39, 0.29) is 11.9 Å². The number of nitrogens with zero attached hydrogens (tertiary/aromatic N) is 1. The van der Waals surface area contributed by atoms with Crippen LogP contribution in [0.25, 0.3) is 0 Å². The maximum atomic E-state index is 12.0. The van der Waals surface area contributed by atoms with E-state index in [0.717, 1.165) is 12.1 Å². The Kier molecular flexibility index (Phi) is 4.40. The van der Waals surface area contributed by atoms with Crippen molar-refractivity contribution >= 4 is 17.4 Å². The minimum absolute atomic E-state index is 0.155. The maximum Gasteiger partial charge on any atom is 0.247 e. The second-order valence-corrected chi connectivity index (χ2v) is 4.73. The van der Waals surface area contributed by atoms with E-state index in [1.165, 1.54) is 5.56 Å². The van der Waals surface area contributed by atoms with Gasteiger partial charge in [-0.05, 0) is 38.0 Å². The molecule has 5 heteroatoms. The van der Waals surface area contributed by atoms with Crippen LogP contribution < -0.4 is 10.6 Å². The van der Waals surface area contributed by atoms with Crippen molar-refractivity contribution in [3.8, 4) is 0 Å². The Labute approximate surface area is 118 Å². The maximum absolute atomic E-state index is 12.0. The lowest BCUT2D eigenvalue weighted by atomic mass is 10.1. The van der Waals surface area contributed by atoms with Crippen LogP contribution in [0.1, 0.15) is 25.2 Å². The number of rotatable bonds is 5. The number of aryl methyl sites for hydroxylation is 2. The van der Waals surface area contributed by atoms with Gasteiger partial charge in [-0.15, -0.1) is 0 Å². The first-order chi connectivity index (χ1) is 9.58. The zero-order valence-electron chi connectivity index (χ0n) is 11.9. The van der Waals surface area contributed by atoms with Crippen LogP contribution in [-0.2, 0) is 11.2 Å². The Morgan fingerprint density at radius 2 is 2.05 bits per heavy atom. The van der Waals surface area contributed by atoms with Crippen molar-refractivity contribution in [2.75, 3.05) is 10.6 Å². The third-order valence-electron chi connectivity index (χ3n) is 3.02. The third-order valence-corrected chi connectivity index (χ3v) is 3.02. The van der Waals surface area contributed by atoms with Crippen LogP contribution >= 0.6 is 0 Å². The first kappa shape index (κ1) is 14.1. The van der Waals surface area contributed by atoms with E-state index >= 15 is 0 Å². The van der Waals surface area contributed by atoms with Crippen LogP contribution in [0.2, 0.25) is 0 Å². The van der Waals surface area contributed by atoms with Crippen LogP contribution in [-0.4, -0.2) is 17.1 Å². The van der Waals surface area contributed by atoms with Gasteiger partial charge in [0, 0.05) is 11.8 Å². The molecule has 0 aliphatic carbocycles. The molecule has 0 bridgehead atoms. The van der Waals surface area contributed by atoms with E-state index in [1.54, 1.807) is 19.9 Å². The first-order valence-corrected chi connectivity index (χ1v) is 6.68. The molecule has 2 aromatic rings. The van der Waals surface area contributed by atoms with E-state index in [4.69, 9.17) is 4.52 Å². The molecule has 0 saturated carbocycles. The molecule has 0 fully saturated rings. The molecule has 1 amide bonds. The number of anilines is 2. The summed E-state index contributed by atoms with van der Waals surface area (Å²) in [6.07, 6.45) is 1.00. The standard InChI is InChI=1S/C15H19N3O2/c1-4-12-5-7-13(8-6-12)16-11(3)15(19)17-14-9-10(2)20-18-14/h5-9,11,16H,4H2,1-3H3,(H,17,18,19)/t11-/m0/s1. The quantitative estimate of drug-likeness (QED) is 0.878. The van der Waals surface area contributed by atoms with Gasteiger partial charge in [-0.2, -0.15) is 0 Å². The van der Waals surface area contributed by atoms with Gasteiger partial charge in [-0.1, -0.05) is 24.2 Å². The highest BCUT2D eigenvalue weighted by Crippen LogP contribution is 2.12. The summed E-state index contributed by atoms with van der Waals surface area (Å²) in [5.41, 5.74) is 2.19. The molecule has 0 aliphatic heterocycles. The number of nitrogens with one attached hydrogen (secondary N) is 2. The van der Waals surface area contributed by atoms with Crippen molar-refractivity contribution < 1.29 is 9.32 Å². The second kappa shape index (κ2) is 6.23. The summed E-state index contributed by atoms with van der Waals surface area (Å²) in [6, 6.07) is 9.37. The van der Waals surface area contributed by atoms with E-state index in [2.05, 4.69) is 22.7 Å². The van der Waals surface area contributed by atoms with Gasteiger partial charge in [-0.25, -0.2) is 0 Å². The molecule has 0 radical (unpaired) electrons. The Hall–Kier alpha value is -2.30. The minimum Gasteiger partial charge on any atom is -0.374 e. The number of carbonyl (C=O) groups is 1. The van der Waals surface area contributed by atoms with E-state index in [0.29, 0.717) is 11.6 Å². The van der Waals surface area contributed by atoms with E-state index < -0.39 is 0 Å². The summed E-state index contributed by atoms with van der Waals surface area (Å²) in [4.78, 5) is 12.0. The summed E-state index contributed by atoms with van der Waals surface area (Å²) in [6.45, 7) is 5.69. The Balaban J connectivity index is 1.92. The van der Waals surface area contributed by atoms with Gasteiger partial charge in [0.15, 0.2) is 5.82 Å². The lowest BCUT2D eigenvalue weighted by molar-refractivity contribution is -0.116. The number of amides is 1. The van der Waals surface area contributed by atoms with Gasteiger partial charge >= 0.3 is 0 Å². The molecular weight excluding hydrogens is 254 g/mol. The molecule has 20 heavy (non-hydrogen) atoms. The highest BCUT2D eigenvalue weighted by molar-refractivity contribution is 5.95. The summed E-state index contributed by atoms with van der Waals surface area (Å²) in [5.74, 6) is 0.941. The fourth-order valence-corrected chi connectivity index (χ4v) is 1.81. The topological polar surface area (TPSA) is 67.2 Å². The fraction of sp³-hybridized carbons (Fsp3) is 0.333. The zero-order chi connectivity index (χ0) is 14.5. The second-order valence-electron chi connectivity index (χ2n) is 4.73. The highest BCUT2D eigenvalue weighted by Gasteiger charge is 2.14. The fourth-order valence-electron chi connectivity index (χ4n) is 1.81. The molecule has 2 rings (SSSR count). The van der Waals surface area contributed by atoms with Crippen LogP contribution in [0, 0.1) is 6.92 Å². The number of aromatic nitrogens is 1. The molecule has 2 N–H and O–H groups in total. The average molecular weight is 273 g/mol. The van der Waals surface area contributed by atoms with Crippen LogP contribution in [0.4, 0.5) is 11.5 Å². The van der Waals surface area contributed by atoms with Crippen LogP contribution in [0.15, 0.2) is 34.9 Å². The Bertz CT molecular complexity index is 575. The minimum atomic E-state index is -0.362. The molecule has 1 heterocycles. The molecule has 1 atom stereocenters. The summed E-state index contributed by atoms with van der Waals surface area (Å²) in [7, 11) is 0. The van der Waals surface area contributed by atoms with Crippen molar-refractivity contribution in [2.24, 2.45) is 0 Å². The van der Waals surface area contributed by atoms with Crippen LogP contribution in [0.5, 0.6) is 0 Å². The number of hydrogen-bond acceptors (Lipinski definition) is 4. The summed E-state index contributed by atoms with van der Waals surface area (Å²) >= 11 is 0. The molecule has 106 valence electrons. The number of carbonyl (C=O) groups excluding carboxylic acids is 1. The van der Waals surface area contributed by atoms with Crippen molar-refractivity contribution in [2.45, 2.75) is 33.2 Å². The molecule has 1 aromatic carbocycles. The van der Waals surface area contributed by atoms with Crippen molar-refractivity contribution in [3.63, 3.8) is 0 Å². The van der Waals surface area contributed by atoms with Crippen molar-refractivity contribution in [1.29, 1.82) is 0 Å². The molecule has 1 aromatic heterocycles. The van der Waals surface area contributed by atoms with Gasteiger partial charge in [0.2, 0.25) is 5.91 Å². The van der Waals surface area contributed by atoms with Crippen LogP contribution in [0.3, 0.4) is 0 Å². The molecule has 0 saturated heterocycles. The molecule has 0 aliphatic rings. The monoisotopic (exact) mass is 273 g/mol. The predicted octanol–water partition coefficient (Wildman–Crippen LogP) is 2.98. The van der Waals surface area contributed by atoms with E-state index in [9.17, 15) is 4.79 Å². The predicted molar refractivity (Wildman–Crippen MR) is 78.8 cm³/mol. The van der Waals surface area contributed by atoms with Gasteiger partial charge < -0.3 is 15.2 Å². The Morgan fingerprint density at radius 3 is 2.60 bits per heavy atom. The summed E-state index contributed by atoms with van der Waals surface area (Å²) in [5, 5.41) is 9.58. The molecule has 0 unspecified atom stereocenters. The summed E-state index contributed by atoms with van der Waals surface area (Å²) < 4.78 is 4.90. The normalized spacial score (nSPS) is 11.9. The lowest BCUT2D eigenvalue weighted by Gasteiger charge is -2.14. The highest BCUT2D eigenvalue weighted by atomic mass is 16.5. The molecule has 0 spiro atoms. The van der Waals surface area contributed by atoms with E-state index in [1.807, 2.05) is 24.3 Å². The smallest absolute Gasteiger partial charge is 0.247 e. The lowest BCUT2D eigenvalue weighted by Crippen LogP contribution is -2.31. The molecule has 5 nitrogen and oxygen atoms in total. The SMILES string of the molecule is CCc1ccc(N[C@@H](C)C(=O)Nc2cc(C)on2)cc1. The van der Waals surface area contributed by atoms with Gasteiger partial charge in [-0.3, -0.25) is 4.79 Å². The van der Waals surface area contributed by atoms with Crippen molar-refractivity contribution in [3.05, 3.63) is 41.7 Å². The third kappa shape index (κ3) is 3.60. The average Bonchev–Trinajstić information content (AvgIpc) is 2.85. The first-order valence-electron chi connectivity index (χ1n) is 6.68. The number of hydrogen-bond donors (Lipinski definition) is 2. The Morgan fingerprint density at radius 1 is 1.35 bits per heavy atom. The van der Waals surface area contributed by atoms with Crippen molar-refractivity contribution in [1.82, 2.24) is 5.16 Å². The van der Waals surface area contributed by atoms with Gasteiger partial charge in [0.25, 0.3) is 0 Å². The number of benzene rings is 1. The van der Waals surface area contributed by atoms with Gasteiger partial charge in [0.1, 0.15) is 11.8 Å². The largest absolute Gasteiger partial charge is 0.374 e. The molecular formula is C15H19N3O2. The van der Waals surface area contributed by atoms with Gasteiger partial charge in [0.05, 0.1) is 0 Å². The zero-order valence-corrected chi connectivity index (χ0v) is 11.9.